The molecule has 0 radical (unpaired) electrons. The lowest BCUT2D eigenvalue weighted by Crippen LogP contribution is -2.32. The van der Waals surface area contributed by atoms with Crippen LogP contribution in [0.2, 0.25) is 0 Å². The van der Waals surface area contributed by atoms with E-state index in [0.29, 0.717) is 6.07 Å². The van der Waals surface area contributed by atoms with Crippen LogP contribution >= 0.6 is 26.6 Å². The van der Waals surface area contributed by atoms with Crippen molar-refractivity contribution in [3.63, 3.8) is 0 Å². The Labute approximate surface area is 121 Å². The molecule has 0 fully saturated rings. The van der Waals surface area contributed by atoms with Crippen molar-refractivity contribution in [2.75, 3.05) is 0 Å². The second-order valence-electron chi connectivity index (χ2n) is 3.92. The van der Waals surface area contributed by atoms with Crippen molar-refractivity contribution in [3.05, 3.63) is 27.7 Å². The third kappa shape index (κ3) is 3.64. The molecule has 1 N–H and O–H groups in total. The van der Waals surface area contributed by atoms with Crippen LogP contribution < -0.4 is 5.32 Å². The third-order valence-corrected chi connectivity index (χ3v) is 4.26. The van der Waals surface area contributed by atoms with Crippen molar-refractivity contribution < 1.29 is 22.0 Å². The molecular weight excluding hydrogens is 368 g/mol. The van der Waals surface area contributed by atoms with Gasteiger partial charge in [0.15, 0.2) is 5.82 Å². The van der Waals surface area contributed by atoms with E-state index in [1.54, 1.807) is 13.8 Å². The van der Waals surface area contributed by atoms with Gasteiger partial charge in [-0.2, -0.15) is 0 Å². The maximum atomic E-state index is 14.0. The van der Waals surface area contributed by atoms with Crippen LogP contribution in [-0.2, 0) is 9.05 Å². The SMILES string of the molecule is CC(C)NC(=O)c1c(F)cc(Br)c(S(=O)(=O)Cl)c1F. The van der Waals surface area contributed by atoms with Gasteiger partial charge in [0.05, 0.1) is 0 Å². The first-order valence-electron chi connectivity index (χ1n) is 4.98. The van der Waals surface area contributed by atoms with E-state index in [9.17, 15) is 22.0 Å². The van der Waals surface area contributed by atoms with Crippen molar-refractivity contribution in [2.24, 2.45) is 0 Å². The molecule has 4 nitrogen and oxygen atoms in total. The lowest BCUT2D eigenvalue weighted by Gasteiger charge is -2.12. The van der Waals surface area contributed by atoms with Gasteiger partial charge in [0.25, 0.3) is 15.0 Å². The zero-order chi connectivity index (χ0) is 15.0. The smallest absolute Gasteiger partial charge is 0.265 e. The molecular formula is C10H9BrClF2NO3S. The van der Waals surface area contributed by atoms with Gasteiger partial charge in [-0.3, -0.25) is 4.79 Å². The van der Waals surface area contributed by atoms with E-state index in [1.807, 2.05) is 0 Å². The number of hydrogen-bond donors (Lipinski definition) is 1. The van der Waals surface area contributed by atoms with E-state index in [2.05, 4.69) is 21.2 Å². The van der Waals surface area contributed by atoms with Crippen LogP contribution in [0.3, 0.4) is 0 Å². The highest BCUT2D eigenvalue weighted by molar-refractivity contribution is 9.10. The Kier molecular flexibility index (Phi) is 4.91. The van der Waals surface area contributed by atoms with Crippen molar-refractivity contribution >= 4 is 41.6 Å². The summed E-state index contributed by atoms with van der Waals surface area (Å²) in [4.78, 5) is 10.7. The summed E-state index contributed by atoms with van der Waals surface area (Å²) < 4.78 is 49.7. The Bertz CT molecular complexity index is 634. The number of benzene rings is 1. The summed E-state index contributed by atoms with van der Waals surface area (Å²) in [5, 5.41) is 2.27. The number of rotatable bonds is 3. The van der Waals surface area contributed by atoms with Gasteiger partial charge in [-0.25, -0.2) is 17.2 Å². The first-order chi connectivity index (χ1) is 8.55. The van der Waals surface area contributed by atoms with Crippen LogP contribution in [-0.4, -0.2) is 20.4 Å². The lowest BCUT2D eigenvalue weighted by atomic mass is 10.1. The number of nitrogens with one attached hydrogen (secondary N) is 1. The average molecular weight is 377 g/mol. The Morgan fingerprint density at radius 3 is 2.37 bits per heavy atom. The first kappa shape index (κ1) is 16.3. The predicted molar refractivity (Wildman–Crippen MR) is 69.7 cm³/mol. The van der Waals surface area contributed by atoms with Crippen LogP contribution in [0.25, 0.3) is 0 Å². The molecule has 19 heavy (non-hydrogen) atoms. The van der Waals surface area contributed by atoms with Crippen LogP contribution in [0.15, 0.2) is 15.4 Å². The highest BCUT2D eigenvalue weighted by atomic mass is 79.9. The molecule has 0 aliphatic heterocycles. The van der Waals surface area contributed by atoms with Gasteiger partial charge in [0.2, 0.25) is 0 Å². The quantitative estimate of drug-likeness (QED) is 0.825. The molecule has 1 rings (SSSR count). The molecule has 0 aliphatic carbocycles. The first-order valence-corrected chi connectivity index (χ1v) is 8.09. The molecule has 0 saturated carbocycles. The lowest BCUT2D eigenvalue weighted by molar-refractivity contribution is 0.0934. The van der Waals surface area contributed by atoms with Crippen molar-refractivity contribution in [2.45, 2.75) is 24.8 Å². The monoisotopic (exact) mass is 375 g/mol. The van der Waals surface area contributed by atoms with E-state index in [1.165, 1.54) is 0 Å². The predicted octanol–water partition coefficient (Wildman–Crippen LogP) is 2.79. The minimum Gasteiger partial charge on any atom is -0.350 e. The van der Waals surface area contributed by atoms with Crippen LogP contribution in [0.4, 0.5) is 8.78 Å². The molecule has 9 heteroatoms. The Morgan fingerprint density at radius 1 is 1.42 bits per heavy atom. The topological polar surface area (TPSA) is 63.2 Å². The van der Waals surface area contributed by atoms with E-state index >= 15 is 0 Å². The Balaban J connectivity index is 3.55. The fourth-order valence-corrected chi connectivity index (χ4v) is 3.69. The van der Waals surface area contributed by atoms with Gasteiger partial charge >= 0.3 is 0 Å². The maximum Gasteiger partial charge on any atom is 0.265 e. The number of carbonyl (C=O) groups is 1. The van der Waals surface area contributed by atoms with Crippen LogP contribution in [0.1, 0.15) is 24.2 Å². The maximum absolute atomic E-state index is 14.0. The number of halogens is 4. The summed E-state index contributed by atoms with van der Waals surface area (Å²) in [5.41, 5.74) is -0.990. The van der Waals surface area contributed by atoms with Gasteiger partial charge in [0, 0.05) is 21.2 Å². The standard InChI is InChI=1S/C10H9BrClF2NO3S/c1-4(2)15-10(16)7-6(13)3-5(11)9(8(7)14)19(12,17)18/h3-4H,1-2H3,(H,15,16). The zero-order valence-corrected chi connectivity index (χ0v) is 13.0. The van der Waals surface area contributed by atoms with E-state index < -0.39 is 41.5 Å². The molecule has 0 atom stereocenters. The molecule has 0 bridgehead atoms. The largest absolute Gasteiger partial charge is 0.350 e. The van der Waals surface area contributed by atoms with Crippen LogP contribution in [0, 0.1) is 11.6 Å². The zero-order valence-electron chi connectivity index (χ0n) is 9.80. The third-order valence-electron chi connectivity index (χ3n) is 2.02. The summed E-state index contributed by atoms with van der Waals surface area (Å²) in [7, 11) is 0.590. The molecule has 0 heterocycles. The molecule has 1 aromatic carbocycles. The summed E-state index contributed by atoms with van der Waals surface area (Å²) in [5.74, 6) is -3.77. The van der Waals surface area contributed by atoms with Crippen molar-refractivity contribution in [3.8, 4) is 0 Å². The summed E-state index contributed by atoms with van der Waals surface area (Å²) >= 11 is 2.69. The molecule has 0 aromatic heterocycles. The van der Waals surface area contributed by atoms with E-state index in [-0.39, 0.29) is 6.04 Å². The molecule has 1 aromatic rings. The fraction of sp³-hybridized carbons (Fsp3) is 0.300. The summed E-state index contributed by atoms with van der Waals surface area (Å²) in [6, 6.07) is 0.305. The molecule has 106 valence electrons. The van der Waals surface area contributed by atoms with Gasteiger partial charge in [-0.15, -0.1) is 0 Å². The number of carbonyl (C=O) groups excluding carboxylic acids is 1. The van der Waals surface area contributed by atoms with Gasteiger partial charge in [-0.05, 0) is 35.8 Å². The molecule has 0 saturated heterocycles. The second kappa shape index (κ2) is 5.72. The normalized spacial score (nSPS) is 11.7. The number of amides is 1. The van der Waals surface area contributed by atoms with Crippen molar-refractivity contribution in [1.82, 2.24) is 5.32 Å². The Morgan fingerprint density at radius 2 is 1.95 bits per heavy atom. The van der Waals surface area contributed by atoms with E-state index in [0.717, 1.165) is 0 Å². The number of hydrogen-bond acceptors (Lipinski definition) is 3. The van der Waals surface area contributed by atoms with Crippen LogP contribution in [0.5, 0.6) is 0 Å². The summed E-state index contributed by atoms with van der Waals surface area (Å²) in [6.45, 7) is 3.18. The van der Waals surface area contributed by atoms with E-state index in [4.69, 9.17) is 10.7 Å². The molecule has 0 spiro atoms. The average Bonchev–Trinajstić information content (AvgIpc) is 2.11. The fourth-order valence-electron chi connectivity index (χ4n) is 1.34. The Hall–Kier alpha value is -0.730. The summed E-state index contributed by atoms with van der Waals surface area (Å²) in [6.07, 6.45) is 0. The molecule has 0 unspecified atom stereocenters. The van der Waals surface area contributed by atoms with Gasteiger partial charge in [-0.1, -0.05) is 0 Å². The second-order valence-corrected chi connectivity index (χ2v) is 7.28. The minimum atomic E-state index is -4.46. The van der Waals surface area contributed by atoms with Gasteiger partial charge in [0.1, 0.15) is 16.3 Å². The minimum absolute atomic E-state index is 0.369. The molecule has 0 aliphatic rings. The van der Waals surface area contributed by atoms with Gasteiger partial charge < -0.3 is 5.32 Å². The highest BCUT2D eigenvalue weighted by Crippen LogP contribution is 2.31. The highest BCUT2D eigenvalue weighted by Gasteiger charge is 2.29. The van der Waals surface area contributed by atoms with Crippen molar-refractivity contribution in [1.29, 1.82) is 0 Å². The molecule has 1 amide bonds.